The van der Waals surface area contributed by atoms with Crippen molar-refractivity contribution in [1.29, 1.82) is 0 Å². The van der Waals surface area contributed by atoms with E-state index in [2.05, 4.69) is 5.32 Å². The standard InChI is InChI=1S/C17H15ClF3NO3/c1-24-12-4-6-15(25-2)10(7-12)8-16(23)22-14-5-3-11(18)9-13(14)17(19,20)21/h3-7,9H,8H2,1-2H3,(H,22,23). The Balaban J connectivity index is 2.24. The monoisotopic (exact) mass is 373 g/mol. The SMILES string of the molecule is COc1ccc(OC)c(CC(=O)Nc2ccc(Cl)cc2C(F)(F)F)c1. The Morgan fingerprint density at radius 1 is 1.12 bits per heavy atom. The third-order valence-electron chi connectivity index (χ3n) is 3.40. The second kappa shape index (κ2) is 7.65. The molecular weight excluding hydrogens is 359 g/mol. The number of amides is 1. The van der Waals surface area contributed by atoms with E-state index in [1.54, 1.807) is 18.2 Å². The molecule has 134 valence electrons. The number of ether oxygens (including phenoxy) is 2. The van der Waals surface area contributed by atoms with E-state index in [0.717, 1.165) is 12.1 Å². The van der Waals surface area contributed by atoms with E-state index in [0.29, 0.717) is 17.1 Å². The van der Waals surface area contributed by atoms with Gasteiger partial charge in [-0.25, -0.2) is 0 Å². The first kappa shape index (κ1) is 18.9. The van der Waals surface area contributed by atoms with Gasteiger partial charge in [-0.1, -0.05) is 11.6 Å². The molecule has 0 saturated carbocycles. The summed E-state index contributed by atoms with van der Waals surface area (Å²) in [6, 6.07) is 8.02. The highest BCUT2D eigenvalue weighted by molar-refractivity contribution is 6.30. The number of rotatable bonds is 5. The van der Waals surface area contributed by atoms with E-state index in [1.807, 2.05) is 0 Å². The summed E-state index contributed by atoms with van der Waals surface area (Å²) < 4.78 is 49.5. The Kier molecular flexibility index (Phi) is 5.79. The largest absolute Gasteiger partial charge is 0.497 e. The van der Waals surface area contributed by atoms with Gasteiger partial charge in [0.1, 0.15) is 11.5 Å². The van der Waals surface area contributed by atoms with Crippen LogP contribution >= 0.6 is 11.6 Å². The van der Waals surface area contributed by atoms with Gasteiger partial charge in [0.05, 0.1) is 31.9 Å². The molecule has 0 saturated heterocycles. The van der Waals surface area contributed by atoms with Crippen molar-refractivity contribution in [3.8, 4) is 11.5 Å². The molecule has 1 N–H and O–H groups in total. The summed E-state index contributed by atoms with van der Waals surface area (Å²) in [6.07, 6.45) is -4.82. The number of hydrogen-bond acceptors (Lipinski definition) is 3. The van der Waals surface area contributed by atoms with E-state index in [4.69, 9.17) is 21.1 Å². The molecule has 0 aliphatic heterocycles. The lowest BCUT2D eigenvalue weighted by molar-refractivity contribution is -0.137. The summed E-state index contributed by atoms with van der Waals surface area (Å²) in [4.78, 5) is 12.2. The summed E-state index contributed by atoms with van der Waals surface area (Å²) in [6.45, 7) is 0. The average Bonchev–Trinajstić information content (AvgIpc) is 2.55. The fourth-order valence-electron chi connectivity index (χ4n) is 2.25. The van der Waals surface area contributed by atoms with Crippen molar-refractivity contribution in [2.75, 3.05) is 19.5 Å². The first-order valence-corrected chi connectivity index (χ1v) is 7.50. The third-order valence-corrected chi connectivity index (χ3v) is 3.63. The molecule has 4 nitrogen and oxygen atoms in total. The van der Waals surface area contributed by atoms with Crippen LogP contribution in [0, 0.1) is 0 Å². The van der Waals surface area contributed by atoms with Gasteiger partial charge in [-0.05, 0) is 36.4 Å². The van der Waals surface area contributed by atoms with Gasteiger partial charge >= 0.3 is 6.18 Å². The zero-order valence-electron chi connectivity index (χ0n) is 13.4. The highest BCUT2D eigenvalue weighted by atomic mass is 35.5. The Morgan fingerprint density at radius 3 is 2.44 bits per heavy atom. The van der Waals surface area contributed by atoms with Gasteiger partial charge < -0.3 is 14.8 Å². The van der Waals surface area contributed by atoms with Gasteiger partial charge in [0.15, 0.2) is 0 Å². The van der Waals surface area contributed by atoms with E-state index in [-0.39, 0.29) is 17.1 Å². The van der Waals surface area contributed by atoms with Crippen LogP contribution in [0.4, 0.5) is 18.9 Å². The molecule has 1 amide bonds. The molecule has 2 aromatic rings. The molecule has 2 aromatic carbocycles. The number of hydrogen-bond donors (Lipinski definition) is 1. The smallest absolute Gasteiger partial charge is 0.418 e. The number of methoxy groups -OCH3 is 2. The number of nitrogens with one attached hydrogen (secondary N) is 1. The number of carbonyl (C=O) groups excluding carboxylic acids is 1. The molecule has 0 radical (unpaired) electrons. The van der Waals surface area contributed by atoms with Crippen molar-refractivity contribution in [2.24, 2.45) is 0 Å². The van der Waals surface area contributed by atoms with Crippen molar-refractivity contribution in [3.05, 3.63) is 52.5 Å². The first-order chi connectivity index (χ1) is 11.7. The maximum Gasteiger partial charge on any atom is 0.418 e. The Bertz CT molecular complexity index is 778. The van der Waals surface area contributed by atoms with Gasteiger partial charge in [-0.2, -0.15) is 13.2 Å². The van der Waals surface area contributed by atoms with E-state index >= 15 is 0 Å². The first-order valence-electron chi connectivity index (χ1n) is 7.12. The molecule has 0 fully saturated rings. The van der Waals surface area contributed by atoms with Crippen molar-refractivity contribution >= 4 is 23.2 Å². The van der Waals surface area contributed by atoms with E-state index < -0.39 is 17.6 Å². The van der Waals surface area contributed by atoms with Crippen LogP contribution in [0.2, 0.25) is 5.02 Å². The van der Waals surface area contributed by atoms with Gasteiger partial charge in [-0.3, -0.25) is 4.79 Å². The third kappa shape index (κ3) is 4.79. The molecule has 0 atom stereocenters. The van der Waals surface area contributed by atoms with E-state index in [1.165, 1.54) is 20.3 Å². The number of benzene rings is 2. The number of alkyl halides is 3. The van der Waals surface area contributed by atoms with Crippen LogP contribution in [0.3, 0.4) is 0 Å². The summed E-state index contributed by atoms with van der Waals surface area (Å²) in [5.74, 6) is 0.313. The molecule has 0 aliphatic carbocycles. The minimum absolute atomic E-state index is 0.0696. The molecule has 2 rings (SSSR count). The predicted molar refractivity (Wildman–Crippen MR) is 88.3 cm³/mol. The Hall–Kier alpha value is -2.41. The van der Waals surface area contributed by atoms with Crippen LogP contribution in [0.15, 0.2) is 36.4 Å². The summed E-state index contributed by atoms with van der Waals surface area (Å²) in [7, 11) is 2.90. The molecule has 0 unspecified atom stereocenters. The molecule has 0 aliphatic rings. The normalized spacial score (nSPS) is 11.1. The summed E-state index contributed by atoms with van der Waals surface area (Å²) in [5, 5.41) is 2.20. The highest BCUT2D eigenvalue weighted by Crippen LogP contribution is 2.36. The molecule has 0 aromatic heterocycles. The Labute approximate surface area is 147 Å². The van der Waals surface area contributed by atoms with Crippen molar-refractivity contribution in [2.45, 2.75) is 12.6 Å². The molecule has 0 spiro atoms. The van der Waals surface area contributed by atoms with Crippen LogP contribution in [0.25, 0.3) is 0 Å². The van der Waals surface area contributed by atoms with Crippen LogP contribution in [0.1, 0.15) is 11.1 Å². The fraction of sp³-hybridized carbons (Fsp3) is 0.235. The van der Waals surface area contributed by atoms with Crippen molar-refractivity contribution < 1.29 is 27.4 Å². The second-order valence-electron chi connectivity index (χ2n) is 5.09. The van der Waals surface area contributed by atoms with E-state index in [9.17, 15) is 18.0 Å². The van der Waals surface area contributed by atoms with Crippen LogP contribution in [-0.2, 0) is 17.4 Å². The Morgan fingerprint density at radius 2 is 1.84 bits per heavy atom. The molecule has 8 heteroatoms. The fourth-order valence-corrected chi connectivity index (χ4v) is 2.42. The maximum absolute atomic E-state index is 13.1. The van der Waals surface area contributed by atoms with Crippen molar-refractivity contribution in [3.63, 3.8) is 0 Å². The van der Waals surface area contributed by atoms with Crippen LogP contribution in [-0.4, -0.2) is 20.1 Å². The number of anilines is 1. The van der Waals surface area contributed by atoms with Crippen molar-refractivity contribution in [1.82, 2.24) is 0 Å². The minimum atomic E-state index is -4.64. The maximum atomic E-state index is 13.1. The van der Waals surface area contributed by atoms with Gasteiger partial charge in [0.25, 0.3) is 0 Å². The number of carbonyl (C=O) groups is 1. The molecule has 0 bridgehead atoms. The van der Waals surface area contributed by atoms with Gasteiger partial charge in [-0.15, -0.1) is 0 Å². The predicted octanol–water partition coefficient (Wildman–Crippen LogP) is 4.56. The lowest BCUT2D eigenvalue weighted by Gasteiger charge is -2.15. The molecular formula is C17H15ClF3NO3. The number of halogens is 4. The zero-order chi connectivity index (χ0) is 18.6. The minimum Gasteiger partial charge on any atom is -0.497 e. The summed E-state index contributed by atoms with van der Waals surface area (Å²) in [5.41, 5.74) is -0.878. The zero-order valence-corrected chi connectivity index (χ0v) is 14.2. The average molecular weight is 374 g/mol. The molecule has 0 heterocycles. The second-order valence-corrected chi connectivity index (χ2v) is 5.53. The molecule has 25 heavy (non-hydrogen) atoms. The van der Waals surface area contributed by atoms with Gasteiger partial charge in [0, 0.05) is 10.6 Å². The van der Waals surface area contributed by atoms with Gasteiger partial charge in [0.2, 0.25) is 5.91 Å². The van der Waals surface area contributed by atoms with Crippen LogP contribution in [0.5, 0.6) is 11.5 Å². The van der Waals surface area contributed by atoms with Crippen LogP contribution < -0.4 is 14.8 Å². The summed E-state index contributed by atoms with van der Waals surface area (Å²) >= 11 is 5.62. The lowest BCUT2D eigenvalue weighted by atomic mass is 10.1. The lowest BCUT2D eigenvalue weighted by Crippen LogP contribution is -2.18. The highest BCUT2D eigenvalue weighted by Gasteiger charge is 2.34. The topological polar surface area (TPSA) is 47.6 Å². The quantitative estimate of drug-likeness (QED) is 0.836.